The van der Waals surface area contributed by atoms with Crippen molar-refractivity contribution in [2.45, 2.75) is 19.9 Å². The van der Waals surface area contributed by atoms with Crippen LogP contribution in [0, 0.1) is 6.92 Å². The Balaban J connectivity index is 2.67. The summed E-state index contributed by atoms with van der Waals surface area (Å²) in [6, 6.07) is 7.57. The molecule has 0 saturated carbocycles. The van der Waals surface area contributed by atoms with Gasteiger partial charge in [-0.15, -0.1) is 0 Å². The lowest BCUT2D eigenvalue weighted by atomic mass is 10.0. The van der Waals surface area contributed by atoms with Crippen molar-refractivity contribution < 1.29 is 14.7 Å². The summed E-state index contributed by atoms with van der Waals surface area (Å²) in [6.45, 7) is 3.82. The van der Waals surface area contributed by atoms with Crippen molar-refractivity contribution in [1.29, 1.82) is 0 Å². The molecule has 1 aromatic carbocycles. The molecule has 1 unspecified atom stereocenters. The topological polar surface area (TPSA) is 66.4 Å². The van der Waals surface area contributed by atoms with E-state index in [0.717, 1.165) is 23.3 Å². The van der Waals surface area contributed by atoms with Gasteiger partial charge in [-0.1, -0.05) is 24.3 Å². The van der Waals surface area contributed by atoms with Crippen LogP contribution < -0.4 is 5.32 Å². The first-order valence-electron chi connectivity index (χ1n) is 5.27. The van der Waals surface area contributed by atoms with Crippen LogP contribution in [0.25, 0.3) is 0 Å². The Morgan fingerprint density at radius 3 is 2.53 bits per heavy atom. The Morgan fingerprint density at radius 2 is 1.94 bits per heavy atom. The molecule has 0 fully saturated rings. The second-order valence-electron chi connectivity index (χ2n) is 3.76. The van der Waals surface area contributed by atoms with Crippen molar-refractivity contribution in [1.82, 2.24) is 5.32 Å². The van der Waals surface area contributed by atoms with Crippen molar-refractivity contribution in [2.75, 3.05) is 0 Å². The minimum atomic E-state index is -1.14. The fourth-order valence-corrected chi connectivity index (χ4v) is 1.56. The van der Waals surface area contributed by atoms with E-state index >= 15 is 0 Å². The highest BCUT2D eigenvalue weighted by Crippen LogP contribution is 2.16. The molecule has 0 aliphatic rings. The number of carbonyl (C=O) groups is 2. The molecule has 0 saturated heterocycles. The quantitative estimate of drug-likeness (QED) is 0.779. The third-order valence-corrected chi connectivity index (χ3v) is 2.39. The molecule has 0 radical (unpaired) electrons. The molecule has 17 heavy (non-hydrogen) atoms. The van der Waals surface area contributed by atoms with E-state index in [1.165, 1.54) is 0 Å². The summed E-state index contributed by atoms with van der Waals surface area (Å²) in [6.07, 6.45) is 1.83. The number of aliphatic carboxylic acids is 1. The van der Waals surface area contributed by atoms with E-state index in [1.807, 2.05) is 38.1 Å². The van der Waals surface area contributed by atoms with Gasteiger partial charge in [0.25, 0.3) is 0 Å². The van der Waals surface area contributed by atoms with Gasteiger partial charge in [-0.2, -0.15) is 0 Å². The number of carboxylic acids is 1. The molecule has 0 heterocycles. The molecule has 4 heteroatoms. The molecule has 2 N–H and O–H groups in total. The zero-order valence-electron chi connectivity index (χ0n) is 9.81. The van der Waals surface area contributed by atoms with Crippen LogP contribution in [0.2, 0.25) is 0 Å². The van der Waals surface area contributed by atoms with Gasteiger partial charge < -0.3 is 10.4 Å². The van der Waals surface area contributed by atoms with Crippen LogP contribution in [0.1, 0.15) is 24.1 Å². The largest absolute Gasteiger partial charge is 0.478 e. The van der Waals surface area contributed by atoms with Gasteiger partial charge in [-0.05, 0) is 25.0 Å². The van der Waals surface area contributed by atoms with Gasteiger partial charge in [0, 0.05) is 12.2 Å². The van der Waals surface area contributed by atoms with E-state index in [4.69, 9.17) is 5.11 Å². The Hall–Kier alpha value is -2.10. The molecule has 0 spiro atoms. The number of benzene rings is 1. The summed E-state index contributed by atoms with van der Waals surface area (Å²) in [5.41, 5.74) is 2.10. The number of hydrogen-bond donors (Lipinski definition) is 2. The smallest absolute Gasteiger partial charge is 0.328 e. The standard InChI is InChI=1S/C13H15NO3/c1-9-5-3-4-6-11(9)10(2)14-12(15)7-8-13(16)17/h3-8,10H,1-2H3,(H,14,15)(H,16,17)/b8-7+. The number of nitrogens with one attached hydrogen (secondary N) is 1. The number of aryl methyl sites for hydroxylation is 1. The maximum Gasteiger partial charge on any atom is 0.328 e. The van der Waals surface area contributed by atoms with E-state index in [0.29, 0.717) is 0 Å². The molecule has 0 aliphatic carbocycles. The van der Waals surface area contributed by atoms with Gasteiger partial charge in [0.15, 0.2) is 0 Å². The average Bonchev–Trinajstić information content (AvgIpc) is 2.26. The summed E-state index contributed by atoms with van der Waals surface area (Å²) >= 11 is 0. The molecule has 0 bridgehead atoms. The van der Waals surface area contributed by atoms with Crippen LogP contribution in [0.3, 0.4) is 0 Å². The average molecular weight is 233 g/mol. The van der Waals surface area contributed by atoms with Crippen molar-refractivity contribution in [2.24, 2.45) is 0 Å². The fourth-order valence-electron chi connectivity index (χ4n) is 1.56. The minimum Gasteiger partial charge on any atom is -0.478 e. The van der Waals surface area contributed by atoms with E-state index in [1.54, 1.807) is 0 Å². The highest BCUT2D eigenvalue weighted by molar-refractivity contribution is 5.94. The molecule has 1 atom stereocenters. The van der Waals surface area contributed by atoms with Crippen LogP contribution in [-0.4, -0.2) is 17.0 Å². The minimum absolute atomic E-state index is 0.151. The maximum atomic E-state index is 11.4. The van der Waals surface area contributed by atoms with E-state index in [-0.39, 0.29) is 6.04 Å². The molecule has 0 aromatic heterocycles. The summed E-state index contributed by atoms with van der Waals surface area (Å²) in [7, 11) is 0. The summed E-state index contributed by atoms with van der Waals surface area (Å²) < 4.78 is 0. The van der Waals surface area contributed by atoms with Crippen molar-refractivity contribution in [3.05, 3.63) is 47.5 Å². The van der Waals surface area contributed by atoms with Crippen molar-refractivity contribution in [3.8, 4) is 0 Å². The number of carbonyl (C=O) groups excluding carboxylic acids is 1. The first kappa shape index (κ1) is 13.0. The highest BCUT2D eigenvalue weighted by Gasteiger charge is 2.09. The van der Waals surface area contributed by atoms with Crippen LogP contribution in [0.5, 0.6) is 0 Å². The van der Waals surface area contributed by atoms with Crippen LogP contribution in [-0.2, 0) is 9.59 Å². The molecule has 0 aliphatic heterocycles. The van der Waals surface area contributed by atoms with E-state index in [2.05, 4.69) is 5.32 Å². The number of rotatable bonds is 4. The van der Waals surface area contributed by atoms with Crippen LogP contribution in [0.4, 0.5) is 0 Å². The van der Waals surface area contributed by atoms with Crippen molar-refractivity contribution in [3.63, 3.8) is 0 Å². The zero-order valence-corrected chi connectivity index (χ0v) is 9.81. The summed E-state index contributed by atoms with van der Waals surface area (Å²) in [5, 5.41) is 11.1. The first-order chi connectivity index (χ1) is 8.00. The molecule has 1 amide bonds. The monoisotopic (exact) mass is 233 g/mol. The highest BCUT2D eigenvalue weighted by atomic mass is 16.4. The van der Waals surface area contributed by atoms with E-state index in [9.17, 15) is 9.59 Å². The Kier molecular flexibility index (Phi) is 4.46. The Bertz CT molecular complexity index is 452. The molecular weight excluding hydrogens is 218 g/mol. The van der Waals surface area contributed by atoms with Crippen LogP contribution in [0.15, 0.2) is 36.4 Å². The normalized spacial score (nSPS) is 12.4. The molecule has 90 valence electrons. The lowest BCUT2D eigenvalue weighted by molar-refractivity contribution is -0.131. The van der Waals surface area contributed by atoms with Gasteiger partial charge in [0.1, 0.15) is 0 Å². The van der Waals surface area contributed by atoms with Crippen LogP contribution >= 0.6 is 0 Å². The third kappa shape index (κ3) is 4.10. The number of hydrogen-bond acceptors (Lipinski definition) is 2. The lowest BCUT2D eigenvalue weighted by Gasteiger charge is -2.15. The van der Waals surface area contributed by atoms with Gasteiger partial charge in [0.05, 0.1) is 6.04 Å². The third-order valence-electron chi connectivity index (χ3n) is 2.39. The fraction of sp³-hybridized carbons (Fsp3) is 0.231. The SMILES string of the molecule is Cc1ccccc1C(C)NC(=O)/C=C/C(=O)O. The summed E-state index contributed by atoms with van der Waals surface area (Å²) in [5.74, 6) is -1.55. The maximum absolute atomic E-state index is 11.4. The molecule has 1 aromatic rings. The first-order valence-corrected chi connectivity index (χ1v) is 5.27. The summed E-state index contributed by atoms with van der Waals surface area (Å²) in [4.78, 5) is 21.6. The van der Waals surface area contributed by atoms with Gasteiger partial charge in [-0.25, -0.2) is 4.79 Å². The van der Waals surface area contributed by atoms with E-state index < -0.39 is 11.9 Å². The van der Waals surface area contributed by atoms with Gasteiger partial charge >= 0.3 is 5.97 Å². The van der Waals surface area contributed by atoms with Crippen molar-refractivity contribution >= 4 is 11.9 Å². The number of carboxylic acid groups (broad SMARTS) is 1. The predicted octanol–water partition coefficient (Wildman–Crippen LogP) is 1.81. The Morgan fingerprint density at radius 1 is 1.29 bits per heavy atom. The second kappa shape index (κ2) is 5.84. The zero-order chi connectivity index (χ0) is 12.8. The van der Waals surface area contributed by atoms with Gasteiger partial charge in [-0.3, -0.25) is 4.79 Å². The molecule has 4 nitrogen and oxygen atoms in total. The number of amides is 1. The lowest BCUT2D eigenvalue weighted by Crippen LogP contribution is -2.25. The molecule has 1 rings (SSSR count). The Labute approximate surface area is 100.0 Å². The second-order valence-corrected chi connectivity index (χ2v) is 3.76. The predicted molar refractivity (Wildman–Crippen MR) is 64.5 cm³/mol. The molecular formula is C13H15NO3. The van der Waals surface area contributed by atoms with Gasteiger partial charge in [0.2, 0.25) is 5.91 Å².